The Balaban J connectivity index is 0.992. The summed E-state index contributed by atoms with van der Waals surface area (Å²) in [6.07, 6.45) is 0. The van der Waals surface area contributed by atoms with E-state index in [1.165, 1.54) is 0 Å². The van der Waals surface area contributed by atoms with Crippen LogP contribution in [0.15, 0.2) is 247 Å². The maximum absolute atomic E-state index is 6.29. The van der Waals surface area contributed by atoms with Gasteiger partial charge in [0, 0.05) is 43.9 Å². The molecule has 0 bridgehead atoms. The monoisotopic (exact) mass is 908 g/mol. The number of para-hydroxylation sites is 2. The molecule has 0 aliphatic carbocycles. The van der Waals surface area contributed by atoms with E-state index >= 15 is 0 Å². The molecule has 0 atom stereocenters. The molecule has 14 rings (SSSR count). The molecule has 14 aromatic rings. The van der Waals surface area contributed by atoms with Gasteiger partial charge in [-0.2, -0.15) is 9.97 Å². The molecule has 7 heteroatoms. The first-order chi connectivity index (χ1) is 35.2. The lowest BCUT2D eigenvalue weighted by molar-refractivity contribution is 0.620. The number of oxazole rings is 1. The van der Waals surface area contributed by atoms with E-state index in [1.807, 2.05) is 54.6 Å². The summed E-state index contributed by atoms with van der Waals surface area (Å²) in [6.45, 7) is 0. The molecule has 4 heterocycles. The van der Waals surface area contributed by atoms with Crippen LogP contribution in [0.25, 0.3) is 134 Å². The van der Waals surface area contributed by atoms with Crippen molar-refractivity contribution in [1.82, 2.24) is 29.1 Å². The molecule has 332 valence electrons. The molecule has 7 nitrogen and oxygen atoms in total. The molecule has 0 amide bonds. The predicted octanol–water partition coefficient (Wildman–Crippen LogP) is 16.2. The second-order valence-corrected chi connectivity index (χ2v) is 17.9. The van der Waals surface area contributed by atoms with Crippen LogP contribution in [-0.4, -0.2) is 29.1 Å². The van der Waals surface area contributed by atoms with E-state index in [4.69, 9.17) is 24.4 Å². The molecular formula is C64H40N6O. The van der Waals surface area contributed by atoms with Crippen LogP contribution in [0.1, 0.15) is 0 Å². The van der Waals surface area contributed by atoms with Crippen molar-refractivity contribution in [2.45, 2.75) is 0 Å². The summed E-state index contributed by atoms with van der Waals surface area (Å²) >= 11 is 0. The minimum absolute atomic E-state index is 0.532. The fourth-order valence-electron chi connectivity index (χ4n) is 10.2. The van der Waals surface area contributed by atoms with E-state index in [9.17, 15) is 0 Å². The zero-order valence-corrected chi connectivity index (χ0v) is 38.2. The molecule has 10 aromatic carbocycles. The van der Waals surface area contributed by atoms with E-state index in [0.717, 1.165) is 110 Å². The van der Waals surface area contributed by atoms with Gasteiger partial charge in [0.2, 0.25) is 11.8 Å². The Kier molecular flexibility index (Phi) is 9.38. The van der Waals surface area contributed by atoms with E-state index in [2.05, 4.69) is 197 Å². The summed E-state index contributed by atoms with van der Waals surface area (Å²) < 4.78 is 10.9. The Morgan fingerprint density at radius 1 is 0.296 bits per heavy atom. The second kappa shape index (κ2) is 16.5. The van der Waals surface area contributed by atoms with Crippen LogP contribution in [0.5, 0.6) is 0 Å². The van der Waals surface area contributed by atoms with Crippen LogP contribution < -0.4 is 0 Å². The van der Waals surface area contributed by atoms with Gasteiger partial charge in [-0.1, -0.05) is 176 Å². The molecule has 4 aromatic heterocycles. The molecule has 71 heavy (non-hydrogen) atoms. The van der Waals surface area contributed by atoms with Gasteiger partial charge in [-0.25, -0.2) is 9.97 Å². The van der Waals surface area contributed by atoms with E-state index < -0.39 is 0 Å². The second-order valence-electron chi connectivity index (χ2n) is 17.9. The summed E-state index contributed by atoms with van der Waals surface area (Å²) in [5, 5.41) is 4.50. The highest BCUT2D eigenvalue weighted by Crippen LogP contribution is 2.42. The van der Waals surface area contributed by atoms with Crippen molar-refractivity contribution in [3.8, 4) is 79.2 Å². The third kappa shape index (κ3) is 6.90. The zero-order valence-electron chi connectivity index (χ0n) is 38.2. The summed E-state index contributed by atoms with van der Waals surface area (Å²) in [5.74, 6) is 2.32. The first-order valence-corrected chi connectivity index (χ1v) is 23.8. The maximum atomic E-state index is 6.29. The van der Waals surface area contributed by atoms with Crippen molar-refractivity contribution in [3.63, 3.8) is 0 Å². The normalized spacial score (nSPS) is 11.7. The predicted molar refractivity (Wildman–Crippen MR) is 289 cm³/mol. The first kappa shape index (κ1) is 40.4. The smallest absolute Gasteiger partial charge is 0.238 e. The van der Waals surface area contributed by atoms with Crippen molar-refractivity contribution in [2.75, 3.05) is 0 Å². The molecule has 0 saturated carbocycles. The first-order valence-electron chi connectivity index (χ1n) is 23.8. The Morgan fingerprint density at radius 2 is 0.761 bits per heavy atom. The van der Waals surface area contributed by atoms with Crippen molar-refractivity contribution in [2.24, 2.45) is 0 Å². The highest BCUT2D eigenvalue weighted by molar-refractivity contribution is 6.23. The summed E-state index contributed by atoms with van der Waals surface area (Å²) in [4.78, 5) is 21.0. The van der Waals surface area contributed by atoms with Crippen LogP contribution in [0.3, 0.4) is 0 Å². The van der Waals surface area contributed by atoms with Gasteiger partial charge in [-0.05, 0) is 100 Å². The molecular weight excluding hydrogens is 869 g/mol. The van der Waals surface area contributed by atoms with Gasteiger partial charge in [-0.3, -0.25) is 4.57 Å². The van der Waals surface area contributed by atoms with Gasteiger partial charge in [0.15, 0.2) is 17.2 Å². The molecule has 0 fully saturated rings. The van der Waals surface area contributed by atoms with Crippen LogP contribution in [-0.2, 0) is 0 Å². The average Bonchev–Trinajstić information content (AvgIpc) is 4.14. The fraction of sp³-hybridized carbons (Fsp3) is 0. The lowest BCUT2D eigenvalue weighted by atomic mass is 9.96. The van der Waals surface area contributed by atoms with Gasteiger partial charge >= 0.3 is 0 Å². The SMILES string of the molecule is c1ccc(-c2cc(-c3ccccc3)cc(-c3nc(-c4ccccc4)nc(-n4c5ccccc5c5ccc6c7ccccc7n(-c7ccc(-c8ccc9nc(-c%10ccccc%10)oc9c8)cc7)c6c54)n3)c2)cc1. The van der Waals surface area contributed by atoms with Gasteiger partial charge in [-0.15, -0.1) is 0 Å². The molecule has 0 aliphatic rings. The van der Waals surface area contributed by atoms with Crippen molar-refractivity contribution in [1.29, 1.82) is 0 Å². The Morgan fingerprint density at radius 3 is 1.37 bits per heavy atom. The Bertz CT molecular complexity index is 4250. The van der Waals surface area contributed by atoms with Gasteiger partial charge in [0.1, 0.15) is 5.52 Å². The van der Waals surface area contributed by atoms with Crippen molar-refractivity contribution >= 4 is 54.7 Å². The number of hydrogen-bond donors (Lipinski definition) is 0. The third-order valence-corrected chi connectivity index (χ3v) is 13.6. The van der Waals surface area contributed by atoms with E-state index in [0.29, 0.717) is 23.5 Å². The minimum Gasteiger partial charge on any atom is -0.436 e. The van der Waals surface area contributed by atoms with Crippen LogP contribution in [0, 0.1) is 0 Å². The quantitative estimate of drug-likeness (QED) is 0.152. The summed E-state index contributed by atoms with van der Waals surface area (Å²) in [6, 6.07) is 84.7. The number of aromatic nitrogens is 6. The lowest BCUT2D eigenvalue weighted by Crippen LogP contribution is -2.07. The molecule has 0 radical (unpaired) electrons. The number of rotatable bonds is 8. The number of fused-ring (bicyclic) bond motifs is 8. The highest BCUT2D eigenvalue weighted by Gasteiger charge is 2.24. The number of benzene rings is 10. The fourth-order valence-corrected chi connectivity index (χ4v) is 10.2. The largest absolute Gasteiger partial charge is 0.436 e. The highest BCUT2D eigenvalue weighted by atomic mass is 16.3. The van der Waals surface area contributed by atoms with Crippen molar-refractivity contribution in [3.05, 3.63) is 243 Å². The van der Waals surface area contributed by atoms with Crippen LogP contribution >= 0.6 is 0 Å². The molecule has 0 unspecified atom stereocenters. The lowest BCUT2D eigenvalue weighted by Gasteiger charge is -2.14. The average molecular weight is 909 g/mol. The van der Waals surface area contributed by atoms with Crippen LogP contribution in [0.2, 0.25) is 0 Å². The summed E-state index contributed by atoms with van der Waals surface area (Å²) in [5.41, 5.74) is 16.0. The van der Waals surface area contributed by atoms with E-state index in [1.54, 1.807) is 0 Å². The Labute approximate surface area is 408 Å². The summed E-state index contributed by atoms with van der Waals surface area (Å²) in [7, 11) is 0. The molecule has 0 saturated heterocycles. The topological polar surface area (TPSA) is 74.6 Å². The Hall–Kier alpha value is -9.72. The van der Waals surface area contributed by atoms with Gasteiger partial charge < -0.3 is 8.98 Å². The van der Waals surface area contributed by atoms with Crippen LogP contribution in [0.4, 0.5) is 0 Å². The molecule has 0 aliphatic heterocycles. The minimum atomic E-state index is 0.532. The number of nitrogens with zero attached hydrogens (tertiary/aromatic N) is 6. The zero-order chi connectivity index (χ0) is 46.8. The maximum Gasteiger partial charge on any atom is 0.238 e. The molecule has 0 N–H and O–H groups in total. The molecule has 0 spiro atoms. The number of hydrogen-bond acceptors (Lipinski definition) is 5. The van der Waals surface area contributed by atoms with Gasteiger partial charge in [0.25, 0.3) is 0 Å². The standard InChI is InChI=1S/C64H40N6O/c1-5-17-41(18-6-1)47-37-48(42-19-7-2-8-20-42)39-49(38-47)62-66-61(44-21-9-3-10-22-44)67-64(68-62)70-57-28-16-14-26-52(57)54-35-34-53-51-25-13-15-27-56(51)69(59(53)60(54)70)50-32-29-43(30-33-50)46-31-36-55-58(40-46)71-63(65-55)45-23-11-4-12-24-45/h1-40H. The van der Waals surface area contributed by atoms with Gasteiger partial charge in [0.05, 0.1) is 22.1 Å². The third-order valence-electron chi connectivity index (χ3n) is 13.6. The van der Waals surface area contributed by atoms with Crippen molar-refractivity contribution < 1.29 is 4.42 Å². The van der Waals surface area contributed by atoms with E-state index in [-0.39, 0.29) is 0 Å².